The quantitative estimate of drug-likeness (QED) is 0.395. The molecule has 1 heterocycles. The van der Waals surface area contributed by atoms with E-state index in [1.807, 2.05) is 30.3 Å². The summed E-state index contributed by atoms with van der Waals surface area (Å²) in [5, 5.41) is 6.11. The molecule has 2 amide bonds. The van der Waals surface area contributed by atoms with E-state index in [0.717, 1.165) is 5.56 Å². The Hall–Kier alpha value is -3.10. The van der Waals surface area contributed by atoms with Gasteiger partial charge < -0.3 is 15.4 Å². The molecule has 0 saturated heterocycles. The predicted octanol–water partition coefficient (Wildman–Crippen LogP) is 3.84. The van der Waals surface area contributed by atoms with Gasteiger partial charge in [-0.2, -0.15) is 0 Å². The van der Waals surface area contributed by atoms with Crippen LogP contribution in [0.3, 0.4) is 0 Å². The minimum absolute atomic E-state index is 0.0244. The van der Waals surface area contributed by atoms with Gasteiger partial charge in [-0.15, -0.1) is 0 Å². The van der Waals surface area contributed by atoms with E-state index in [4.69, 9.17) is 16.3 Å². The molecule has 2 aromatic carbocycles. The van der Waals surface area contributed by atoms with Crippen molar-refractivity contribution in [2.75, 3.05) is 18.7 Å². The molecule has 160 valence electrons. The number of carbonyl (C=O) groups is 2. The number of amides is 2. The minimum atomic E-state index is -0.847. The summed E-state index contributed by atoms with van der Waals surface area (Å²) in [6, 6.07) is 15.5. The Balaban J connectivity index is 1.81. The monoisotopic (exact) mass is 456 g/mol. The van der Waals surface area contributed by atoms with Crippen molar-refractivity contribution in [1.29, 1.82) is 0 Å². The number of hydrogen-bond acceptors (Lipinski definition) is 6. The molecule has 7 nitrogen and oxygen atoms in total. The van der Waals surface area contributed by atoms with E-state index in [1.165, 1.54) is 18.0 Å². The zero-order chi connectivity index (χ0) is 22.2. The van der Waals surface area contributed by atoms with Gasteiger partial charge in [-0.3, -0.25) is 9.59 Å². The Morgan fingerprint density at radius 3 is 2.48 bits per heavy atom. The van der Waals surface area contributed by atoms with Crippen molar-refractivity contribution in [2.24, 2.45) is 0 Å². The van der Waals surface area contributed by atoms with Crippen molar-refractivity contribution in [3.63, 3.8) is 0 Å². The van der Waals surface area contributed by atoms with Crippen LogP contribution in [0.2, 0.25) is 5.02 Å². The standard InChI is InChI=1S/C22H21ClN4O3S/c1-30-16-10-8-15(9-11-16)25-20(28)18(12-14-6-4-3-5-7-14)26-21(29)19-17(23)13-24-22(27-19)31-2/h3-11,13,18H,12H2,1-2H3,(H,25,28)(H,26,29)/t18-/m0/s1. The van der Waals surface area contributed by atoms with E-state index in [9.17, 15) is 9.59 Å². The summed E-state index contributed by atoms with van der Waals surface area (Å²) >= 11 is 7.41. The molecule has 2 N–H and O–H groups in total. The van der Waals surface area contributed by atoms with Gasteiger partial charge in [-0.25, -0.2) is 9.97 Å². The second-order valence-electron chi connectivity index (χ2n) is 6.49. The first-order chi connectivity index (χ1) is 15.0. The van der Waals surface area contributed by atoms with Crippen LogP contribution in [-0.4, -0.2) is 41.2 Å². The molecule has 0 radical (unpaired) electrons. The van der Waals surface area contributed by atoms with Gasteiger partial charge in [0.2, 0.25) is 5.91 Å². The maximum atomic E-state index is 13.0. The number of methoxy groups -OCH3 is 1. The molecular formula is C22H21ClN4O3S. The summed E-state index contributed by atoms with van der Waals surface area (Å²) < 4.78 is 5.14. The molecular weight excluding hydrogens is 436 g/mol. The number of hydrogen-bond donors (Lipinski definition) is 2. The maximum absolute atomic E-state index is 13.0. The van der Waals surface area contributed by atoms with Crippen molar-refractivity contribution in [3.05, 3.63) is 77.1 Å². The van der Waals surface area contributed by atoms with Gasteiger partial charge in [0, 0.05) is 12.1 Å². The van der Waals surface area contributed by atoms with Gasteiger partial charge in [0.1, 0.15) is 11.8 Å². The Bertz CT molecular complexity index is 1050. The molecule has 0 aliphatic heterocycles. The van der Waals surface area contributed by atoms with Gasteiger partial charge in [0.05, 0.1) is 18.3 Å². The van der Waals surface area contributed by atoms with Crippen molar-refractivity contribution >= 4 is 40.9 Å². The van der Waals surface area contributed by atoms with Crippen LogP contribution in [-0.2, 0) is 11.2 Å². The van der Waals surface area contributed by atoms with Crippen LogP contribution < -0.4 is 15.4 Å². The lowest BCUT2D eigenvalue weighted by Crippen LogP contribution is -2.45. The van der Waals surface area contributed by atoms with Gasteiger partial charge in [-0.05, 0) is 36.1 Å². The SMILES string of the molecule is COc1ccc(NC(=O)[C@H](Cc2ccccc2)NC(=O)c2nc(SC)ncc2Cl)cc1. The van der Waals surface area contributed by atoms with Crippen molar-refractivity contribution in [2.45, 2.75) is 17.6 Å². The number of thioether (sulfide) groups is 1. The number of halogens is 1. The lowest BCUT2D eigenvalue weighted by molar-refractivity contribution is -0.118. The predicted molar refractivity (Wildman–Crippen MR) is 122 cm³/mol. The fourth-order valence-electron chi connectivity index (χ4n) is 2.80. The first-order valence-corrected chi connectivity index (χ1v) is 11.0. The maximum Gasteiger partial charge on any atom is 0.272 e. The first kappa shape index (κ1) is 22.6. The van der Waals surface area contributed by atoms with Crippen molar-refractivity contribution in [3.8, 4) is 5.75 Å². The summed E-state index contributed by atoms with van der Waals surface area (Å²) in [5.74, 6) is -0.235. The highest BCUT2D eigenvalue weighted by Gasteiger charge is 2.24. The van der Waals surface area contributed by atoms with Crippen molar-refractivity contribution in [1.82, 2.24) is 15.3 Å². The third kappa shape index (κ3) is 6.19. The summed E-state index contributed by atoms with van der Waals surface area (Å²) in [5.41, 5.74) is 1.51. The number of carbonyl (C=O) groups excluding carboxylic acids is 2. The van der Waals surface area contributed by atoms with Gasteiger partial charge >= 0.3 is 0 Å². The number of rotatable bonds is 8. The Labute approximate surface area is 189 Å². The van der Waals surface area contributed by atoms with Crippen LogP contribution in [0, 0.1) is 0 Å². The number of nitrogens with zero attached hydrogens (tertiary/aromatic N) is 2. The van der Waals surface area contributed by atoms with E-state index in [1.54, 1.807) is 37.6 Å². The largest absolute Gasteiger partial charge is 0.497 e. The second-order valence-corrected chi connectivity index (χ2v) is 7.67. The lowest BCUT2D eigenvalue weighted by Gasteiger charge is -2.19. The number of nitrogens with one attached hydrogen (secondary N) is 2. The van der Waals surface area contributed by atoms with Crippen molar-refractivity contribution < 1.29 is 14.3 Å². The minimum Gasteiger partial charge on any atom is -0.497 e. The van der Waals surface area contributed by atoms with E-state index >= 15 is 0 Å². The normalized spacial score (nSPS) is 11.5. The van der Waals surface area contributed by atoms with Crippen LogP contribution in [0.5, 0.6) is 5.75 Å². The molecule has 31 heavy (non-hydrogen) atoms. The third-order valence-corrected chi connectivity index (χ3v) is 5.22. The Morgan fingerprint density at radius 1 is 1.13 bits per heavy atom. The fraction of sp³-hybridized carbons (Fsp3) is 0.182. The van der Waals surface area contributed by atoms with Gasteiger partial charge in [0.15, 0.2) is 10.9 Å². The zero-order valence-corrected chi connectivity index (χ0v) is 18.5. The molecule has 3 rings (SSSR count). The van der Waals surface area contributed by atoms with E-state index in [2.05, 4.69) is 20.6 Å². The van der Waals surface area contributed by atoms with Gasteiger partial charge in [-0.1, -0.05) is 53.7 Å². The molecule has 0 bridgehead atoms. The molecule has 3 aromatic rings. The highest BCUT2D eigenvalue weighted by atomic mass is 35.5. The number of aromatic nitrogens is 2. The second kappa shape index (κ2) is 10.8. The lowest BCUT2D eigenvalue weighted by atomic mass is 10.0. The molecule has 0 aliphatic carbocycles. The summed E-state index contributed by atoms with van der Waals surface area (Å²) in [4.78, 5) is 34.1. The van der Waals surface area contributed by atoms with Crippen LogP contribution in [0.25, 0.3) is 0 Å². The number of benzene rings is 2. The molecule has 0 saturated carbocycles. The third-order valence-electron chi connectivity index (χ3n) is 4.38. The number of ether oxygens (including phenoxy) is 1. The molecule has 9 heteroatoms. The zero-order valence-electron chi connectivity index (χ0n) is 17.0. The Morgan fingerprint density at radius 2 is 1.84 bits per heavy atom. The van der Waals surface area contributed by atoms with Crippen LogP contribution in [0.1, 0.15) is 16.1 Å². The molecule has 1 aromatic heterocycles. The smallest absolute Gasteiger partial charge is 0.272 e. The summed E-state index contributed by atoms with van der Waals surface area (Å²) in [7, 11) is 1.57. The topological polar surface area (TPSA) is 93.2 Å². The molecule has 0 unspecified atom stereocenters. The van der Waals surface area contributed by atoms with E-state index in [0.29, 0.717) is 23.0 Å². The van der Waals surface area contributed by atoms with Gasteiger partial charge in [0.25, 0.3) is 5.91 Å². The Kier molecular flexibility index (Phi) is 7.86. The highest BCUT2D eigenvalue weighted by molar-refractivity contribution is 7.98. The van der Waals surface area contributed by atoms with E-state index in [-0.39, 0.29) is 16.6 Å². The molecule has 1 atom stereocenters. The highest BCUT2D eigenvalue weighted by Crippen LogP contribution is 2.18. The van der Waals surface area contributed by atoms with E-state index < -0.39 is 11.9 Å². The summed E-state index contributed by atoms with van der Waals surface area (Å²) in [6.45, 7) is 0. The van der Waals surface area contributed by atoms with Crippen LogP contribution in [0.4, 0.5) is 5.69 Å². The molecule has 0 aliphatic rings. The summed E-state index contributed by atoms with van der Waals surface area (Å²) in [6.07, 6.45) is 3.47. The average molecular weight is 457 g/mol. The number of anilines is 1. The van der Waals surface area contributed by atoms with Crippen LogP contribution in [0.15, 0.2) is 66.0 Å². The van der Waals surface area contributed by atoms with Crippen LogP contribution >= 0.6 is 23.4 Å². The molecule has 0 fully saturated rings. The average Bonchev–Trinajstić information content (AvgIpc) is 2.80. The fourth-order valence-corrected chi connectivity index (χ4v) is 3.32. The first-order valence-electron chi connectivity index (χ1n) is 9.36. The molecule has 0 spiro atoms.